The molecular weight excluding hydrogens is 234 g/mol. The predicted molar refractivity (Wildman–Crippen MR) is 69.2 cm³/mol. The van der Waals surface area contributed by atoms with Crippen LogP contribution in [-0.4, -0.2) is 37.0 Å². The zero-order valence-corrected chi connectivity index (χ0v) is 11.0. The van der Waals surface area contributed by atoms with Gasteiger partial charge in [-0.2, -0.15) is 0 Å². The molecule has 0 bridgehead atoms. The number of nitrogens with zero attached hydrogens (tertiary/aromatic N) is 1. The van der Waals surface area contributed by atoms with Gasteiger partial charge in [0.2, 0.25) is 0 Å². The van der Waals surface area contributed by atoms with Crippen molar-refractivity contribution in [3.63, 3.8) is 0 Å². The predicted octanol–water partition coefficient (Wildman–Crippen LogP) is 2.18. The van der Waals surface area contributed by atoms with Gasteiger partial charge in [-0.1, -0.05) is 13.0 Å². The van der Waals surface area contributed by atoms with Crippen LogP contribution in [0.2, 0.25) is 0 Å². The van der Waals surface area contributed by atoms with Gasteiger partial charge >= 0.3 is 0 Å². The topological polar surface area (TPSA) is 29.5 Å². The Bertz CT molecular complexity index is 344. The number of ether oxygens (including phenoxy) is 1. The van der Waals surface area contributed by atoms with Crippen molar-refractivity contribution in [2.45, 2.75) is 19.9 Å². The molecule has 1 saturated heterocycles. The van der Waals surface area contributed by atoms with Crippen molar-refractivity contribution in [1.82, 2.24) is 4.90 Å². The second-order valence-corrected chi connectivity index (χ2v) is 5.44. The van der Waals surface area contributed by atoms with Crippen molar-refractivity contribution in [3.05, 3.63) is 22.4 Å². The van der Waals surface area contributed by atoms with Gasteiger partial charge in [0.05, 0.1) is 13.2 Å². The first-order chi connectivity index (χ1) is 8.29. The molecule has 17 heavy (non-hydrogen) atoms. The fourth-order valence-electron chi connectivity index (χ4n) is 2.04. The highest BCUT2D eigenvalue weighted by Crippen LogP contribution is 2.16. The molecule has 1 aromatic rings. The quantitative estimate of drug-likeness (QED) is 0.778. The standard InChI is InChI=1S/C13H19NO2S/c1-2-14(8-12-4-3-7-17-12)9-13(15)11-5-6-16-10-11/h3-4,7,11H,2,5-6,8-10H2,1H3. The van der Waals surface area contributed by atoms with Crippen LogP contribution in [0.25, 0.3) is 0 Å². The number of likely N-dealkylation sites (N-methyl/N-ethyl adjacent to an activating group) is 1. The van der Waals surface area contributed by atoms with Crippen molar-refractivity contribution in [3.8, 4) is 0 Å². The average Bonchev–Trinajstić information content (AvgIpc) is 3.00. The molecule has 1 aliphatic heterocycles. The molecule has 2 heterocycles. The Morgan fingerprint density at radius 2 is 2.53 bits per heavy atom. The molecule has 0 N–H and O–H groups in total. The van der Waals surface area contributed by atoms with E-state index in [0.29, 0.717) is 18.9 Å². The van der Waals surface area contributed by atoms with E-state index in [9.17, 15) is 4.79 Å². The Hall–Kier alpha value is -0.710. The molecule has 3 nitrogen and oxygen atoms in total. The Balaban J connectivity index is 1.84. The van der Waals surface area contributed by atoms with E-state index in [2.05, 4.69) is 29.3 Å². The molecule has 1 aliphatic rings. The number of hydrogen-bond donors (Lipinski definition) is 0. The summed E-state index contributed by atoms with van der Waals surface area (Å²) in [5.74, 6) is 0.466. The maximum Gasteiger partial charge on any atom is 0.152 e. The van der Waals surface area contributed by atoms with E-state index in [-0.39, 0.29) is 5.92 Å². The van der Waals surface area contributed by atoms with E-state index in [1.165, 1.54) is 4.88 Å². The van der Waals surface area contributed by atoms with Gasteiger partial charge in [0.25, 0.3) is 0 Å². The summed E-state index contributed by atoms with van der Waals surface area (Å²) in [5.41, 5.74) is 0. The highest BCUT2D eigenvalue weighted by molar-refractivity contribution is 7.09. The van der Waals surface area contributed by atoms with E-state index in [4.69, 9.17) is 4.74 Å². The molecule has 1 aromatic heterocycles. The maximum atomic E-state index is 12.0. The van der Waals surface area contributed by atoms with Gasteiger partial charge in [-0.15, -0.1) is 11.3 Å². The van der Waals surface area contributed by atoms with Crippen molar-refractivity contribution in [2.24, 2.45) is 5.92 Å². The fraction of sp³-hybridized carbons (Fsp3) is 0.615. The summed E-state index contributed by atoms with van der Waals surface area (Å²) in [4.78, 5) is 15.5. The first-order valence-corrected chi connectivity index (χ1v) is 7.02. The Labute approximate surface area is 106 Å². The van der Waals surface area contributed by atoms with Crippen molar-refractivity contribution < 1.29 is 9.53 Å². The third kappa shape index (κ3) is 3.63. The molecule has 0 spiro atoms. The van der Waals surface area contributed by atoms with Crippen molar-refractivity contribution in [1.29, 1.82) is 0 Å². The molecule has 0 aliphatic carbocycles. The minimum Gasteiger partial charge on any atom is -0.381 e. The number of ketones is 1. The molecule has 94 valence electrons. The second kappa shape index (κ2) is 6.28. The summed E-state index contributed by atoms with van der Waals surface area (Å²) in [6.45, 7) is 5.82. The number of carbonyl (C=O) groups is 1. The smallest absolute Gasteiger partial charge is 0.152 e. The molecule has 4 heteroatoms. The van der Waals surface area contributed by atoms with Crippen LogP contribution in [0.5, 0.6) is 0 Å². The molecule has 1 fully saturated rings. The van der Waals surface area contributed by atoms with Crippen LogP contribution in [0.3, 0.4) is 0 Å². The summed E-state index contributed by atoms with van der Waals surface area (Å²) < 4.78 is 5.26. The fourth-order valence-corrected chi connectivity index (χ4v) is 2.79. The molecule has 0 aromatic carbocycles. The van der Waals surface area contributed by atoms with Gasteiger partial charge in [0, 0.05) is 23.9 Å². The average molecular weight is 253 g/mol. The van der Waals surface area contributed by atoms with E-state index >= 15 is 0 Å². The van der Waals surface area contributed by atoms with Gasteiger partial charge < -0.3 is 4.74 Å². The van der Waals surface area contributed by atoms with Crippen LogP contribution in [-0.2, 0) is 16.1 Å². The molecular formula is C13H19NO2S. The molecule has 0 amide bonds. The van der Waals surface area contributed by atoms with Crippen LogP contribution in [0.15, 0.2) is 17.5 Å². The van der Waals surface area contributed by atoms with E-state index < -0.39 is 0 Å². The lowest BCUT2D eigenvalue weighted by Crippen LogP contribution is -2.32. The number of carbonyl (C=O) groups excluding carboxylic acids is 1. The minimum absolute atomic E-state index is 0.132. The number of thiophene rings is 1. The summed E-state index contributed by atoms with van der Waals surface area (Å²) in [6, 6.07) is 4.18. The van der Waals surface area contributed by atoms with Gasteiger partial charge in [0.15, 0.2) is 5.78 Å². The minimum atomic E-state index is 0.132. The van der Waals surface area contributed by atoms with Crippen LogP contribution < -0.4 is 0 Å². The zero-order chi connectivity index (χ0) is 12.1. The lowest BCUT2D eigenvalue weighted by molar-refractivity contribution is -0.124. The third-order valence-electron chi connectivity index (χ3n) is 3.17. The summed E-state index contributed by atoms with van der Waals surface area (Å²) in [6.07, 6.45) is 0.898. The molecule has 1 atom stereocenters. The first kappa shape index (κ1) is 12.7. The lowest BCUT2D eigenvalue weighted by Gasteiger charge is -2.20. The van der Waals surface area contributed by atoms with Crippen LogP contribution in [0.1, 0.15) is 18.2 Å². The van der Waals surface area contributed by atoms with Crippen LogP contribution >= 0.6 is 11.3 Å². The summed E-state index contributed by atoms with van der Waals surface area (Å²) in [7, 11) is 0. The number of Topliss-reactive ketones (excluding diaryl/α,β-unsaturated/α-hetero) is 1. The monoisotopic (exact) mass is 253 g/mol. The van der Waals surface area contributed by atoms with Gasteiger partial charge in [0.1, 0.15) is 0 Å². The number of rotatable bonds is 6. The summed E-state index contributed by atoms with van der Waals surface area (Å²) >= 11 is 1.75. The first-order valence-electron chi connectivity index (χ1n) is 6.14. The van der Waals surface area contributed by atoms with Gasteiger partial charge in [-0.05, 0) is 24.4 Å². The molecule has 0 radical (unpaired) electrons. The van der Waals surface area contributed by atoms with Crippen LogP contribution in [0.4, 0.5) is 0 Å². The highest BCUT2D eigenvalue weighted by Gasteiger charge is 2.24. The van der Waals surface area contributed by atoms with Crippen LogP contribution in [0, 0.1) is 5.92 Å². The van der Waals surface area contributed by atoms with Gasteiger partial charge in [-0.3, -0.25) is 9.69 Å². The molecule has 0 saturated carbocycles. The molecule has 1 unspecified atom stereocenters. The van der Waals surface area contributed by atoms with Crippen molar-refractivity contribution >= 4 is 17.1 Å². The normalized spacial score (nSPS) is 20.0. The Morgan fingerprint density at radius 1 is 1.65 bits per heavy atom. The van der Waals surface area contributed by atoms with E-state index in [1.54, 1.807) is 11.3 Å². The third-order valence-corrected chi connectivity index (χ3v) is 4.03. The summed E-state index contributed by atoms with van der Waals surface area (Å²) in [5, 5.41) is 2.08. The maximum absolute atomic E-state index is 12.0. The SMILES string of the molecule is CCN(CC(=O)C1CCOC1)Cc1cccs1. The number of hydrogen-bond acceptors (Lipinski definition) is 4. The van der Waals surface area contributed by atoms with Gasteiger partial charge in [-0.25, -0.2) is 0 Å². The van der Waals surface area contributed by atoms with E-state index in [1.807, 2.05) is 0 Å². The largest absolute Gasteiger partial charge is 0.381 e. The second-order valence-electron chi connectivity index (χ2n) is 4.41. The van der Waals surface area contributed by atoms with E-state index in [0.717, 1.165) is 26.1 Å². The Kier molecular flexibility index (Phi) is 4.71. The Morgan fingerprint density at radius 3 is 3.12 bits per heavy atom. The lowest BCUT2D eigenvalue weighted by atomic mass is 10.0. The molecule has 2 rings (SSSR count). The zero-order valence-electron chi connectivity index (χ0n) is 10.2. The van der Waals surface area contributed by atoms with Crippen molar-refractivity contribution in [2.75, 3.05) is 26.3 Å². The highest BCUT2D eigenvalue weighted by atomic mass is 32.1.